The van der Waals surface area contributed by atoms with Gasteiger partial charge in [0.05, 0.1) is 19.8 Å². The van der Waals surface area contributed by atoms with Crippen molar-refractivity contribution in [3.05, 3.63) is 41.2 Å². The Hall–Kier alpha value is -2.45. The van der Waals surface area contributed by atoms with Crippen LogP contribution >= 0.6 is 0 Å². The van der Waals surface area contributed by atoms with E-state index in [9.17, 15) is 9.90 Å². The molecule has 0 bridgehead atoms. The molecule has 0 spiro atoms. The molecule has 0 radical (unpaired) electrons. The summed E-state index contributed by atoms with van der Waals surface area (Å²) < 4.78 is 15.7. The van der Waals surface area contributed by atoms with Crippen molar-refractivity contribution in [2.24, 2.45) is 0 Å². The Morgan fingerprint density at radius 2 is 2.08 bits per heavy atom. The molecule has 1 aliphatic heterocycles. The van der Waals surface area contributed by atoms with Crippen LogP contribution in [-0.4, -0.2) is 64.7 Å². The van der Waals surface area contributed by atoms with Crippen LogP contribution < -0.4 is 4.74 Å². The minimum atomic E-state index is -1.32. The highest BCUT2D eigenvalue weighted by Crippen LogP contribution is 2.19. The maximum Gasteiger partial charge on any atom is 0.278 e. The lowest BCUT2D eigenvalue weighted by molar-refractivity contribution is -0.0621. The van der Waals surface area contributed by atoms with Crippen molar-refractivity contribution in [1.82, 2.24) is 15.2 Å². The zero-order valence-electron chi connectivity index (χ0n) is 14.3. The zero-order valence-corrected chi connectivity index (χ0v) is 14.3. The van der Waals surface area contributed by atoms with E-state index in [-0.39, 0.29) is 31.4 Å². The van der Waals surface area contributed by atoms with Gasteiger partial charge in [-0.1, -0.05) is 22.9 Å². The number of amides is 1. The van der Waals surface area contributed by atoms with Crippen molar-refractivity contribution in [2.45, 2.75) is 19.4 Å². The summed E-state index contributed by atoms with van der Waals surface area (Å²) in [4.78, 5) is 14.1. The highest BCUT2D eigenvalue weighted by atomic mass is 16.6. The summed E-state index contributed by atoms with van der Waals surface area (Å²) in [7, 11) is 0. The first kappa shape index (κ1) is 17.4. The van der Waals surface area contributed by atoms with Crippen LogP contribution in [0.3, 0.4) is 0 Å². The van der Waals surface area contributed by atoms with Gasteiger partial charge in [-0.15, -0.1) is 0 Å². The van der Waals surface area contributed by atoms with E-state index < -0.39 is 5.60 Å². The molecule has 3 rings (SSSR count). The first-order valence-corrected chi connectivity index (χ1v) is 8.05. The lowest BCUT2D eigenvalue weighted by Gasteiger charge is -2.30. The molecule has 25 heavy (non-hydrogen) atoms. The first-order valence-electron chi connectivity index (χ1n) is 8.05. The minimum absolute atomic E-state index is 0.00981. The summed E-state index contributed by atoms with van der Waals surface area (Å²) in [5.41, 5.74) is 0.359. The van der Waals surface area contributed by atoms with Crippen LogP contribution in [0.2, 0.25) is 0 Å². The van der Waals surface area contributed by atoms with Crippen molar-refractivity contribution < 1.29 is 24.0 Å². The highest BCUT2D eigenvalue weighted by molar-refractivity contribution is 5.93. The Morgan fingerprint density at radius 1 is 1.32 bits per heavy atom. The predicted molar refractivity (Wildman–Crippen MR) is 87.4 cm³/mol. The third-order valence-electron chi connectivity index (χ3n) is 4.03. The molecule has 8 heteroatoms. The summed E-state index contributed by atoms with van der Waals surface area (Å²) in [6.07, 6.45) is 0. The van der Waals surface area contributed by atoms with Gasteiger partial charge in [0.1, 0.15) is 23.7 Å². The fourth-order valence-electron chi connectivity index (χ4n) is 2.61. The number of aliphatic hydroxyl groups is 1. The number of aromatic nitrogens is 2. The molecule has 1 saturated heterocycles. The second-order valence-corrected chi connectivity index (χ2v) is 6.30. The lowest BCUT2D eigenvalue weighted by Crippen LogP contribution is -2.50. The largest absolute Gasteiger partial charge is 0.490 e. The fourth-order valence-corrected chi connectivity index (χ4v) is 2.61. The van der Waals surface area contributed by atoms with E-state index in [1.807, 2.05) is 31.2 Å². The standard InChI is InChI=1S/C17H21N3O5/c1-12-3-5-14(6-4-12)24-11-17(22)9-20(7-8-23-10-17)16(21)15-13(2)18-25-19-15/h3-6,22H,7-11H2,1-2H3/t17-/m1/s1. The van der Waals surface area contributed by atoms with Crippen LogP contribution in [0.25, 0.3) is 0 Å². The molecule has 8 nitrogen and oxygen atoms in total. The van der Waals surface area contributed by atoms with E-state index in [2.05, 4.69) is 14.9 Å². The van der Waals surface area contributed by atoms with Crippen LogP contribution in [0.4, 0.5) is 0 Å². The van der Waals surface area contributed by atoms with Crippen LogP contribution in [0, 0.1) is 13.8 Å². The van der Waals surface area contributed by atoms with Gasteiger partial charge in [0.2, 0.25) is 0 Å². The molecule has 0 aliphatic carbocycles. The average Bonchev–Trinajstić information content (AvgIpc) is 2.92. The van der Waals surface area contributed by atoms with E-state index in [1.54, 1.807) is 6.92 Å². The highest BCUT2D eigenvalue weighted by Gasteiger charge is 2.36. The molecule has 0 unspecified atom stereocenters. The number of hydrogen-bond acceptors (Lipinski definition) is 7. The van der Waals surface area contributed by atoms with Gasteiger partial charge in [-0.3, -0.25) is 4.79 Å². The molecule has 134 valence electrons. The number of ether oxygens (including phenoxy) is 2. The van der Waals surface area contributed by atoms with Crippen molar-refractivity contribution in [1.29, 1.82) is 0 Å². The normalized spacial score (nSPS) is 21.0. The zero-order chi connectivity index (χ0) is 17.9. The molecule has 1 aliphatic rings. The number of benzene rings is 1. The second kappa shape index (κ2) is 7.20. The van der Waals surface area contributed by atoms with E-state index in [4.69, 9.17) is 9.47 Å². The molecule has 1 atom stereocenters. The Balaban J connectivity index is 1.68. The van der Waals surface area contributed by atoms with Crippen LogP contribution in [0.1, 0.15) is 21.7 Å². The first-order chi connectivity index (χ1) is 12.0. The van der Waals surface area contributed by atoms with E-state index in [0.717, 1.165) is 5.56 Å². The molecule has 1 fully saturated rings. The molecule has 2 heterocycles. The quantitative estimate of drug-likeness (QED) is 0.880. The number of hydrogen-bond donors (Lipinski definition) is 1. The Bertz CT molecular complexity index is 730. The molecule has 1 N–H and O–H groups in total. The molecule has 1 amide bonds. The van der Waals surface area contributed by atoms with Gasteiger partial charge >= 0.3 is 0 Å². The van der Waals surface area contributed by atoms with Crippen LogP contribution in [0.5, 0.6) is 5.75 Å². The van der Waals surface area contributed by atoms with Gasteiger partial charge in [0.15, 0.2) is 5.69 Å². The van der Waals surface area contributed by atoms with E-state index in [1.165, 1.54) is 4.90 Å². The average molecular weight is 347 g/mol. The summed E-state index contributed by atoms with van der Waals surface area (Å²) >= 11 is 0. The van der Waals surface area contributed by atoms with Crippen molar-refractivity contribution in [3.8, 4) is 5.75 Å². The van der Waals surface area contributed by atoms with E-state index >= 15 is 0 Å². The van der Waals surface area contributed by atoms with Crippen molar-refractivity contribution in [2.75, 3.05) is 32.9 Å². The summed E-state index contributed by atoms with van der Waals surface area (Å²) in [6.45, 7) is 4.46. The molecule has 1 aromatic heterocycles. The Labute approximate surface area is 145 Å². The minimum Gasteiger partial charge on any atom is -0.490 e. The smallest absolute Gasteiger partial charge is 0.278 e. The van der Waals surface area contributed by atoms with Gasteiger partial charge in [-0.05, 0) is 31.1 Å². The van der Waals surface area contributed by atoms with Crippen molar-refractivity contribution >= 4 is 5.91 Å². The maximum atomic E-state index is 12.6. The van der Waals surface area contributed by atoms with Crippen molar-refractivity contribution in [3.63, 3.8) is 0 Å². The Morgan fingerprint density at radius 3 is 2.76 bits per heavy atom. The number of rotatable bonds is 4. The molecule has 2 aromatic rings. The molecular weight excluding hydrogens is 326 g/mol. The summed E-state index contributed by atoms with van der Waals surface area (Å²) in [5, 5.41) is 18.1. The number of carbonyl (C=O) groups is 1. The summed E-state index contributed by atoms with van der Waals surface area (Å²) in [6, 6.07) is 7.53. The number of β-amino-alcohol motifs (C(OH)–C–C–N with tert-alkyl or cyclic N) is 1. The lowest BCUT2D eigenvalue weighted by atomic mass is 10.1. The molecule has 0 saturated carbocycles. The van der Waals surface area contributed by atoms with Gasteiger partial charge in [-0.25, -0.2) is 4.63 Å². The summed E-state index contributed by atoms with van der Waals surface area (Å²) in [5.74, 6) is 0.302. The Kier molecular flexibility index (Phi) is 5.00. The maximum absolute atomic E-state index is 12.6. The SMILES string of the molecule is Cc1ccc(OC[C@]2(O)COCCN(C(=O)c3nonc3C)C2)cc1. The molecular formula is C17H21N3O5. The topological polar surface area (TPSA) is 97.9 Å². The number of aryl methyl sites for hydroxylation is 2. The van der Waals surface area contributed by atoms with Gasteiger partial charge in [0.25, 0.3) is 5.91 Å². The van der Waals surface area contributed by atoms with E-state index in [0.29, 0.717) is 24.6 Å². The van der Waals surface area contributed by atoms with Crippen LogP contribution in [0.15, 0.2) is 28.9 Å². The van der Waals surface area contributed by atoms with Gasteiger partial charge in [0, 0.05) is 6.54 Å². The fraction of sp³-hybridized carbons (Fsp3) is 0.471. The monoisotopic (exact) mass is 347 g/mol. The van der Waals surface area contributed by atoms with Gasteiger partial charge < -0.3 is 19.5 Å². The molecule has 1 aromatic carbocycles. The third kappa shape index (κ3) is 4.15. The number of nitrogens with zero attached hydrogens (tertiary/aromatic N) is 3. The number of carbonyl (C=O) groups excluding carboxylic acids is 1. The second-order valence-electron chi connectivity index (χ2n) is 6.30. The van der Waals surface area contributed by atoms with Gasteiger partial charge in [-0.2, -0.15) is 0 Å². The van der Waals surface area contributed by atoms with Crippen LogP contribution in [-0.2, 0) is 4.74 Å². The predicted octanol–water partition coefficient (Wildman–Crippen LogP) is 0.969. The third-order valence-corrected chi connectivity index (χ3v) is 4.03.